The number of aromatic nitrogens is 2. The molecule has 20 heavy (non-hydrogen) atoms. The van der Waals surface area contributed by atoms with E-state index in [4.69, 9.17) is 0 Å². The molecule has 1 saturated heterocycles. The van der Waals surface area contributed by atoms with Crippen molar-refractivity contribution >= 4 is 21.8 Å². The number of carbonyl (C=O) groups excluding carboxylic acids is 1. The van der Waals surface area contributed by atoms with Crippen molar-refractivity contribution in [1.82, 2.24) is 14.7 Å². The van der Waals surface area contributed by atoms with E-state index < -0.39 is 0 Å². The van der Waals surface area contributed by atoms with Gasteiger partial charge in [-0.1, -0.05) is 13.8 Å². The van der Waals surface area contributed by atoms with Crippen LogP contribution in [0.5, 0.6) is 0 Å². The van der Waals surface area contributed by atoms with Gasteiger partial charge in [0.15, 0.2) is 0 Å². The highest BCUT2D eigenvalue weighted by atomic mass is 79.9. The molecule has 5 heteroatoms. The van der Waals surface area contributed by atoms with Gasteiger partial charge in [-0.3, -0.25) is 9.48 Å². The molecule has 0 radical (unpaired) electrons. The molecule has 1 aromatic heterocycles. The van der Waals surface area contributed by atoms with Crippen molar-refractivity contribution in [2.75, 3.05) is 6.54 Å². The molecule has 0 saturated carbocycles. The summed E-state index contributed by atoms with van der Waals surface area (Å²) >= 11 is 3.61. The molecule has 1 fully saturated rings. The molecule has 0 bridgehead atoms. The molecule has 0 unspecified atom stereocenters. The van der Waals surface area contributed by atoms with Gasteiger partial charge in [0.1, 0.15) is 0 Å². The van der Waals surface area contributed by atoms with Crippen molar-refractivity contribution in [3.05, 3.63) is 15.9 Å². The fraction of sp³-hybridized carbons (Fsp3) is 0.733. The average molecular weight is 342 g/mol. The Bertz CT molecular complexity index is 507. The molecule has 0 aromatic carbocycles. The van der Waals surface area contributed by atoms with E-state index in [1.54, 1.807) is 0 Å². The molecule has 1 aliphatic heterocycles. The molecule has 2 heterocycles. The van der Waals surface area contributed by atoms with Crippen LogP contribution >= 0.6 is 15.9 Å². The van der Waals surface area contributed by atoms with Crippen LogP contribution in [0.1, 0.15) is 51.4 Å². The van der Waals surface area contributed by atoms with Crippen LogP contribution in [0.15, 0.2) is 4.47 Å². The summed E-state index contributed by atoms with van der Waals surface area (Å²) in [6, 6.07) is 0. The van der Waals surface area contributed by atoms with Crippen molar-refractivity contribution in [2.24, 2.45) is 5.41 Å². The van der Waals surface area contributed by atoms with E-state index in [9.17, 15) is 4.79 Å². The zero-order chi connectivity index (χ0) is 14.9. The third kappa shape index (κ3) is 3.25. The number of rotatable bonds is 3. The molecule has 112 valence electrons. The number of nitrogens with zero attached hydrogens (tertiary/aromatic N) is 3. The number of amides is 1. The minimum Gasteiger partial charge on any atom is -0.337 e. The lowest BCUT2D eigenvalue weighted by molar-refractivity contribution is -0.131. The number of hydrogen-bond donors (Lipinski definition) is 0. The molecule has 4 nitrogen and oxygen atoms in total. The zero-order valence-electron chi connectivity index (χ0n) is 12.9. The highest BCUT2D eigenvalue weighted by Crippen LogP contribution is 2.31. The second-order valence-corrected chi connectivity index (χ2v) is 7.18. The van der Waals surface area contributed by atoms with Gasteiger partial charge in [-0.15, -0.1) is 0 Å². The SMILES string of the molecule is CCn1nc(C)c(Br)c1CN1CCC(C)(C)CCC1=O. The van der Waals surface area contributed by atoms with Gasteiger partial charge in [-0.25, -0.2) is 0 Å². The summed E-state index contributed by atoms with van der Waals surface area (Å²) in [5.41, 5.74) is 2.37. The number of halogens is 1. The molecule has 0 aliphatic carbocycles. The van der Waals surface area contributed by atoms with Crippen LogP contribution in [0.25, 0.3) is 0 Å². The molecule has 0 atom stereocenters. The molecule has 1 aliphatic rings. The number of aryl methyl sites for hydroxylation is 2. The van der Waals surface area contributed by atoms with Gasteiger partial charge in [-0.2, -0.15) is 5.10 Å². The van der Waals surface area contributed by atoms with Crippen LogP contribution in [-0.2, 0) is 17.9 Å². The van der Waals surface area contributed by atoms with Crippen LogP contribution in [-0.4, -0.2) is 27.1 Å². The van der Waals surface area contributed by atoms with Crippen molar-refractivity contribution in [3.63, 3.8) is 0 Å². The van der Waals surface area contributed by atoms with E-state index >= 15 is 0 Å². The van der Waals surface area contributed by atoms with Gasteiger partial charge in [0, 0.05) is 19.5 Å². The van der Waals surface area contributed by atoms with E-state index in [1.165, 1.54) is 0 Å². The Kier molecular flexibility index (Phi) is 4.57. The molecular formula is C15H24BrN3O. The maximum Gasteiger partial charge on any atom is 0.222 e. The quantitative estimate of drug-likeness (QED) is 0.843. The monoisotopic (exact) mass is 341 g/mol. The smallest absolute Gasteiger partial charge is 0.222 e. The first kappa shape index (κ1) is 15.5. The molecule has 2 rings (SSSR count). The fourth-order valence-corrected chi connectivity index (χ4v) is 3.07. The summed E-state index contributed by atoms with van der Waals surface area (Å²) in [6.45, 7) is 10.9. The van der Waals surface area contributed by atoms with Gasteiger partial charge >= 0.3 is 0 Å². The maximum absolute atomic E-state index is 12.3. The van der Waals surface area contributed by atoms with Crippen molar-refractivity contribution < 1.29 is 4.79 Å². The Morgan fingerprint density at radius 2 is 2.05 bits per heavy atom. The lowest BCUT2D eigenvalue weighted by atomic mass is 9.85. The van der Waals surface area contributed by atoms with Crippen LogP contribution in [0.3, 0.4) is 0 Å². The second kappa shape index (κ2) is 5.88. The fourth-order valence-electron chi connectivity index (χ4n) is 2.66. The Morgan fingerprint density at radius 3 is 2.70 bits per heavy atom. The van der Waals surface area contributed by atoms with E-state index in [0.717, 1.165) is 41.8 Å². The summed E-state index contributed by atoms with van der Waals surface area (Å²) in [7, 11) is 0. The van der Waals surface area contributed by atoms with E-state index in [1.807, 2.05) is 16.5 Å². The standard InChI is InChI=1S/C15H24BrN3O/c1-5-19-12(14(16)11(2)17-19)10-18-9-8-15(3,4)7-6-13(18)20/h5-10H2,1-4H3. The summed E-state index contributed by atoms with van der Waals surface area (Å²) in [6.07, 6.45) is 2.70. The summed E-state index contributed by atoms with van der Waals surface area (Å²) < 4.78 is 3.03. The van der Waals surface area contributed by atoms with E-state index in [2.05, 4.69) is 41.8 Å². The Hall–Kier alpha value is -0.840. The predicted octanol–water partition coefficient (Wildman–Crippen LogP) is 3.51. The summed E-state index contributed by atoms with van der Waals surface area (Å²) in [5, 5.41) is 4.50. The topological polar surface area (TPSA) is 38.1 Å². The molecule has 0 N–H and O–H groups in total. The van der Waals surface area contributed by atoms with Gasteiger partial charge < -0.3 is 4.90 Å². The zero-order valence-corrected chi connectivity index (χ0v) is 14.5. The average Bonchev–Trinajstić information content (AvgIpc) is 2.59. The maximum atomic E-state index is 12.3. The lowest BCUT2D eigenvalue weighted by Crippen LogP contribution is -2.31. The van der Waals surface area contributed by atoms with E-state index in [0.29, 0.717) is 13.0 Å². The Labute approximate surface area is 129 Å². The Morgan fingerprint density at radius 1 is 1.35 bits per heavy atom. The highest BCUT2D eigenvalue weighted by Gasteiger charge is 2.28. The third-order valence-electron chi connectivity index (χ3n) is 4.22. The van der Waals surface area contributed by atoms with Gasteiger partial charge in [-0.05, 0) is 48.0 Å². The number of hydrogen-bond acceptors (Lipinski definition) is 2. The first-order valence-corrected chi connectivity index (χ1v) is 8.13. The minimum absolute atomic E-state index is 0.266. The van der Waals surface area contributed by atoms with Crippen LogP contribution in [0, 0.1) is 12.3 Å². The van der Waals surface area contributed by atoms with Crippen molar-refractivity contribution in [3.8, 4) is 0 Å². The Balaban J connectivity index is 2.19. The number of likely N-dealkylation sites (tertiary alicyclic amines) is 1. The molecular weight excluding hydrogens is 318 g/mol. The molecule has 0 spiro atoms. The third-order valence-corrected chi connectivity index (χ3v) is 5.25. The second-order valence-electron chi connectivity index (χ2n) is 6.39. The molecule has 1 aromatic rings. The first-order chi connectivity index (χ1) is 9.34. The summed E-state index contributed by atoms with van der Waals surface area (Å²) in [5.74, 6) is 0.268. The highest BCUT2D eigenvalue weighted by molar-refractivity contribution is 9.10. The van der Waals surface area contributed by atoms with Gasteiger partial charge in [0.05, 0.1) is 22.4 Å². The largest absolute Gasteiger partial charge is 0.337 e. The molecule has 1 amide bonds. The van der Waals surface area contributed by atoms with Crippen LogP contribution in [0.4, 0.5) is 0 Å². The van der Waals surface area contributed by atoms with Crippen molar-refractivity contribution in [1.29, 1.82) is 0 Å². The number of carbonyl (C=O) groups is 1. The van der Waals surface area contributed by atoms with Crippen LogP contribution in [0.2, 0.25) is 0 Å². The van der Waals surface area contributed by atoms with Crippen LogP contribution < -0.4 is 0 Å². The van der Waals surface area contributed by atoms with Crippen molar-refractivity contribution in [2.45, 2.75) is 60.0 Å². The van der Waals surface area contributed by atoms with Gasteiger partial charge in [0.2, 0.25) is 5.91 Å². The summed E-state index contributed by atoms with van der Waals surface area (Å²) in [4.78, 5) is 14.3. The van der Waals surface area contributed by atoms with Gasteiger partial charge in [0.25, 0.3) is 0 Å². The normalized spacial score (nSPS) is 19.2. The minimum atomic E-state index is 0.266. The first-order valence-electron chi connectivity index (χ1n) is 7.33. The predicted molar refractivity (Wildman–Crippen MR) is 83.4 cm³/mol. The lowest BCUT2D eigenvalue weighted by Gasteiger charge is -2.23. The van der Waals surface area contributed by atoms with E-state index in [-0.39, 0.29) is 11.3 Å².